The van der Waals surface area contributed by atoms with Gasteiger partial charge in [0.1, 0.15) is 12.1 Å². The fraction of sp³-hybridized carbons (Fsp3) is 0.385. The Labute approximate surface area is 95.1 Å². The Hall–Kier alpha value is -1.64. The Morgan fingerprint density at radius 2 is 1.94 bits per heavy atom. The first-order chi connectivity index (χ1) is 7.84. The van der Waals surface area contributed by atoms with Crippen LogP contribution in [-0.4, -0.2) is 23.1 Å². The minimum absolute atomic E-state index is 1.04. The van der Waals surface area contributed by atoms with Crippen LogP contribution >= 0.6 is 0 Å². The van der Waals surface area contributed by atoms with Crippen LogP contribution in [0.5, 0.6) is 0 Å². The summed E-state index contributed by atoms with van der Waals surface area (Å²) in [5.41, 5.74) is 2.31. The summed E-state index contributed by atoms with van der Waals surface area (Å²) in [6.07, 6.45) is 4.22. The van der Waals surface area contributed by atoms with Crippen molar-refractivity contribution in [2.24, 2.45) is 0 Å². The van der Waals surface area contributed by atoms with E-state index < -0.39 is 0 Å². The molecule has 0 amide bonds. The number of fused-ring (bicyclic) bond motifs is 1. The van der Waals surface area contributed by atoms with Crippen molar-refractivity contribution < 1.29 is 0 Å². The third-order valence-corrected chi connectivity index (χ3v) is 3.18. The smallest absolute Gasteiger partial charge is 0.139 e. The van der Waals surface area contributed by atoms with Gasteiger partial charge in [-0.15, -0.1) is 0 Å². The first-order valence-electron chi connectivity index (χ1n) is 5.81. The molecule has 2 heterocycles. The number of anilines is 1. The zero-order valence-corrected chi connectivity index (χ0v) is 9.48. The minimum atomic E-state index is 1.04. The Kier molecular flexibility index (Phi) is 2.24. The lowest BCUT2D eigenvalue weighted by molar-refractivity contribution is 0.939. The molecule has 1 aliphatic rings. The van der Waals surface area contributed by atoms with E-state index in [2.05, 4.69) is 40.0 Å². The normalized spacial score (nSPS) is 15.9. The summed E-state index contributed by atoms with van der Waals surface area (Å²) in [6, 6.07) is 6.36. The van der Waals surface area contributed by atoms with Crippen LogP contribution in [0.3, 0.4) is 0 Å². The molecule has 3 rings (SSSR count). The predicted octanol–water partition coefficient (Wildman–Crippen LogP) is 2.54. The molecule has 0 bridgehead atoms. The van der Waals surface area contributed by atoms with Crippen LogP contribution in [0, 0.1) is 6.92 Å². The van der Waals surface area contributed by atoms with Crippen molar-refractivity contribution in [1.82, 2.24) is 9.97 Å². The quantitative estimate of drug-likeness (QED) is 0.729. The number of aromatic nitrogens is 2. The van der Waals surface area contributed by atoms with Crippen LogP contribution in [0.15, 0.2) is 24.5 Å². The Morgan fingerprint density at radius 3 is 2.75 bits per heavy atom. The molecule has 1 aromatic carbocycles. The van der Waals surface area contributed by atoms with Crippen LogP contribution in [0.1, 0.15) is 18.4 Å². The number of rotatable bonds is 1. The molecular weight excluding hydrogens is 198 g/mol. The van der Waals surface area contributed by atoms with Gasteiger partial charge in [0, 0.05) is 18.5 Å². The highest BCUT2D eigenvalue weighted by molar-refractivity contribution is 5.89. The van der Waals surface area contributed by atoms with Crippen molar-refractivity contribution in [2.45, 2.75) is 19.8 Å². The molecule has 0 aliphatic carbocycles. The van der Waals surface area contributed by atoms with E-state index in [4.69, 9.17) is 0 Å². The summed E-state index contributed by atoms with van der Waals surface area (Å²) in [4.78, 5) is 11.1. The third kappa shape index (κ3) is 1.52. The van der Waals surface area contributed by atoms with Crippen LogP contribution < -0.4 is 4.90 Å². The van der Waals surface area contributed by atoms with Crippen molar-refractivity contribution in [3.05, 3.63) is 30.1 Å². The number of hydrogen-bond donors (Lipinski definition) is 0. The second-order valence-corrected chi connectivity index (χ2v) is 4.41. The molecular formula is C13H15N3. The zero-order chi connectivity index (χ0) is 11.0. The van der Waals surface area contributed by atoms with Crippen molar-refractivity contribution >= 4 is 16.7 Å². The summed E-state index contributed by atoms with van der Waals surface area (Å²) in [5, 5.41) is 1.18. The maximum Gasteiger partial charge on any atom is 0.139 e. The number of benzene rings is 1. The second kappa shape index (κ2) is 3.74. The zero-order valence-electron chi connectivity index (χ0n) is 9.48. The molecule has 2 aromatic rings. The Balaban J connectivity index is 2.18. The summed E-state index contributed by atoms with van der Waals surface area (Å²) < 4.78 is 0. The highest BCUT2D eigenvalue weighted by atomic mass is 15.2. The van der Waals surface area contributed by atoms with Gasteiger partial charge in [0.15, 0.2) is 0 Å². The lowest BCUT2D eigenvalue weighted by Gasteiger charge is -2.17. The number of aryl methyl sites for hydroxylation is 1. The van der Waals surface area contributed by atoms with Crippen LogP contribution in [-0.2, 0) is 0 Å². The summed E-state index contributed by atoms with van der Waals surface area (Å²) >= 11 is 0. The molecule has 0 radical (unpaired) electrons. The van der Waals surface area contributed by atoms with E-state index in [1.807, 2.05) is 0 Å². The molecule has 0 atom stereocenters. The van der Waals surface area contributed by atoms with Crippen LogP contribution in [0.25, 0.3) is 10.9 Å². The first kappa shape index (κ1) is 9.58. The summed E-state index contributed by atoms with van der Waals surface area (Å²) in [6.45, 7) is 4.36. The van der Waals surface area contributed by atoms with Gasteiger partial charge < -0.3 is 4.90 Å². The molecule has 0 unspecified atom stereocenters. The van der Waals surface area contributed by atoms with Gasteiger partial charge in [0.2, 0.25) is 0 Å². The fourth-order valence-electron chi connectivity index (χ4n) is 2.34. The van der Waals surface area contributed by atoms with Crippen LogP contribution in [0.2, 0.25) is 0 Å². The van der Waals surface area contributed by atoms with Crippen molar-refractivity contribution in [3.63, 3.8) is 0 Å². The molecule has 1 aliphatic heterocycles. The van der Waals surface area contributed by atoms with Gasteiger partial charge in [-0.25, -0.2) is 9.97 Å². The van der Waals surface area contributed by atoms with E-state index in [1.165, 1.54) is 23.8 Å². The van der Waals surface area contributed by atoms with Gasteiger partial charge >= 0.3 is 0 Å². The molecule has 1 fully saturated rings. The summed E-state index contributed by atoms with van der Waals surface area (Å²) in [7, 11) is 0. The van der Waals surface area contributed by atoms with Crippen molar-refractivity contribution in [1.29, 1.82) is 0 Å². The summed E-state index contributed by atoms with van der Waals surface area (Å²) in [5.74, 6) is 1.10. The standard InChI is InChI=1S/C13H15N3/c1-10-4-5-12-11(8-10)13(15-9-14-12)16-6-2-3-7-16/h4-5,8-9H,2-3,6-7H2,1H3. The molecule has 16 heavy (non-hydrogen) atoms. The van der Waals surface area contributed by atoms with Gasteiger partial charge in [0.25, 0.3) is 0 Å². The molecule has 1 saturated heterocycles. The average molecular weight is 213 g/mol. The Bertz CT molecular complexity index is 516. The molecule has 0 N–H and O–H groups in total. The predicted molar refractivity (Wildman–Crippen MR) is 65.7 cm³/mol. The van der Waals surface area contributed by atoms with Gasteiger partial charge in [-0.3, -0.25) is 0 Å². The van der Waals surface area contributed by atoms with Gasteiger partial charge in [-0.2, -0.15) is 0 Å². The molecule has 3 heteroatoms. The number of nitrogens with zero attached hydrogens (tertiary/aromatic N) is 3. The lowest BCUT2D eigenvalue weighted by Crippen LogP contribution is -2.19. The number of hydrogen-bond acceptors (Lipinski definition) is 3. The van der Waals surface area contributed by atoms with Crippen LogP contribution in [0.4, 0.5) is 5.82 Å². The third-order valence-electron chi connectivity index (χ3n) is 3.18. The highest BCUT2D eigenvalue weighted by Gasteiger charge is 2.16. The van der Waals surface area contributed by atoms with E-state index in [0.29, 0.717) is 0 Å². The molecule has 0 saturated carbocycles. The second-order valence-electron chi connectivity index (χ2n) is 4.41. The maximum atomic E-state index is 4.44. The van der Waals surface area contributed by atoms with Gasteiger partial charge in [-0.05, 0) is 31.9 Å². The molecule has 1 aromatic heterocycles. The van der Waals surface area contributed by atoms with Gasteiger partial charge in [0.05, 0.1) is 5.52 Å². The van der Waals surface area contributed by atoms with E-state index in [9.17, 15) is 0 Å². The largest absolute Gasteiger partial charge is 0.356 e. The Morgan fingerprint density at radius 1 is 1.12 bits per heavy atom. The van der Waals surface area contributed by atoms with E-state index in [0.717, 1.165) is 24.4 Å². The molecule has 0 spiro atoms. The van der Waals surface area contributed by atoms with Crippen molar-refractivity contribution in [2.75, 3.05) is 18.0 Å². The van der Waals surface area contributed by atoms with E-state index in [-0.39, 0.29) is 0 Å². The highest BCUT2D eigenvalue weighted by Crippen LogP contribution is 2.26. The van der Waals surface area contributed by atoms with E-state index >= 15 is 0 Å². The minimum Gasteiger partial charge on any atom is -0.356 e. The topological polar surface area (TPSA) is 29.0 Å². The van der Waals surface area contributed by atoms with Gasteiger partial charge in [-0.1, -0.05) is 11.6 Å². The molecule has 82 valence electrons. The SMILES string of the molecule is Cc1ccc2ncnc(N3CCCC3)c2c1. The maximum absolute atomic E-state index is 4.44. The first-order valence-corrected chi connectivity index (χ1v) is 5.81. The monoisotopic (exact) mass is 213 g/mol. The van der Waals surface area contributed by atoms with Crippen molar-refractivity contribution in [3.8, 4) is 0 Å². The van der Waals surface area contributed by atoms with E-state index in [1.54, 1.807) is 6.33 Å². The lowest BCUT2D eigenvalue weighted by atomic mass is 10.1. The molecule has 3 nitrogen and oxygen atoms in total. The average Bonchev–Trinajstić information content (AvgIpc) is 2.81. The fourth-order valence-corrected chi connectivity index (χ4v) is 2.34.